The fraction of sp³-hybridized carbons (Fsp3) is 0.486. The molecular formula is C37H48O6. The Labute approximate surface area is 256 Å². The Balaban J connectivity index is 1.36. The zero-order chi connectivity index (χ0) is 31.8. The van der Waals surface area contributed by atoms with E-state index in [1.807, 2.05) is 88.5 Å². The first-order valence-electron chi connectivity index (χ1n) is 15.2. The van der Waals surface area contributed by atoms with Crippen molar-refractivity contribution >= 4 is 5.97 Å². The Hall–Kier alpha value is -3.03. The highest BCUT2D eigenvalue weighted by Gasteiger charge is 2.67. The summed E-state index contributed by atoms with van der Waals surface area (Å²) in [7, 11) is 0. The normalized spacial score (nSPS) is 35.5. The standard InChI is InChI=1S/C37H48O6/c1-24(15-16-30-26(3)32(39)31(38)23-34(30,4)5)13-11-9-10-12-14-25(2)19-28-20-27(33(40)42-28)17-18-37-35(6,7)21-29(43-37)22-36(37,8)41/h9-20,29,31-32,38-39,41H,21-23H2,1-8H3/b11-9+,12-10+,16-15+,18-17+,24-13+,25-14+,28-19-/t29-,31-,32+,36+,37+/m0/s1. The molecule has 4 aliphatic rings. The molecule has 0 aromatic heterocycles. The molecule has 0 aromatic carbocycles. The summed E-state index contributed by atoms with van der Waals surface area (Å²) in [5.41, 5.74) is 2.02. The third-order valence-corrected chi connectivity index (χ3v) is 9.38. The molecule has 3 heterocycles. The predicted octanol–water partition coefficient (Wildman–Crippen LogP) is 6.65. The number of ether oxygens (including phenoxy) is 2. The molecule has 0 amide bonds. The summed E-state index contributed by atoms with van der Waals surface area (Å²) < 4.78 is 11.7. The Bertz CT molecular complexity index is 1380. The molecule has 0 spiro atoms. The van der Waals surface area contributed by atoms with E-state index >= 15 is 0 Å². The van der Waals surface area contributed by atoms with E-state index in [-0.39, 0.29) is 16.9 Å². The lowest BCUT2D eigenvalue weighted by molar-refractivity contribution is -0.133. The summed E-state index contributed by atoms with van der Waals surface area (Å²) in [4.78, 5) is 12.5. The van der Waals surface area contributed by atoms with Crippen molar-refractivity contribution in [2.24, 2.45) is 10.8 Å². The van der Waals surface area contributed by atoms with E-state index in [0.29, 0.717) is 24.2 Å². The van der Waals surface area contributed by atoms with Crippen molar-refractivity contribution in [1.29, 1.82) is 0 Å². The van der Waals surface area contributed by atoms with E-state index in [9.17, 15) is 20.1 Å². The number of carbonyl (C=O) groups is 1. The molecule has 0 saturated carbocycles. The van der Waals surface area contributed by atoms with Gasteiger partial charge in [0.1, 0.15) is 17.5 Å². The quantitative estimate of drug-likeness (QED) is 0.217. The summed E-state index contributed by atoms with van der Waals surface area (Å²) in [5.74, 6) is 0.0556. The van der Waals surface area contributed by atoms with Gasteiger partial charge in [-0.15, -0.1) is 0 Å². The molecule has 6 nitrogen and oxygen atoms in total. The van der Waals surface area contributed by atoms with Crippen LogP contribution in [0.25, 0.3) is 0 Å². The van der Waals surface area contributed by atoms with Crippen LogP contribution >= 0.6 is 0 Å². The minimum Gasteiger partial charge on any atom is -0.423 e. The summed E-state index contributed by atoms with van der Waals surface area (Å²) in [6.07, 6.45) is 23.4. The average Bonchev–Trinajstić information content (AvgIpc) is 3.46. The minimum atomic E-state index is -0.998. The van der Waals surface area contributed by atoms with Crippen molar-refractivity contribution < 1.29 is 29.6 Å². The Morgan fingerprint density at radius 3 is 2.21 bits per heavy atom. The lowest BCUT2D eigenvalue weighted by Gasteiger charge is -2.46. The lowest BCUT2D eigenvalue weighted by Crippen LogP contribution is -2.56. The highest BCUT2D eigenvalue weighted by atomic mass is 16.5. The molecule has 6 heteroatoms. The molecule has 0 unspecified atom stereocenters. The van der Waals surface area contributed by atoms with Crippen molar-refractivity contribution in [2.45, 2.75) is 104 Å². The highest BCUT2D eigenvalue weighted by Crippen LogP contribution is 2.60. The van der Waals surface area contributed by atoms with Crippen LogP contribution in [0.5, 0.6) is 0 Å². The van der Waals surface area contributed by atoms with Gasteiger partial charge in [-0.2, -0.15) is 0 Å². The number of carbonyl (C=O) groups excluding carboxylic acids is 1. The largest absolute Gasteiger partial charge is 0.423 e. The van der Waals surface area contributed by atoms with E-state index in [1.165, 1.54) is 0 Å². The van der Waals surface area contributed by atoms with Gasteiger partial charge in [0.25, 0.3) is 0 Å². The van der Waals surface area contributed by atoms with Crippen LogP contribution in [0.2, 0.25) is 0 Å². The van der Waals surface area contributed by atoms with E-state index < -0.39 is 29.4 Å². The summed E-state index contributed by atoms with van der Waals surface area (Å²) >= 11 is 0. The Morgan fingerprint density at radius 1 is 0.930 bits per heavy atom. The number of esters is 1. The third-order valence-electron chi connectivity index (χ3n) is 9.38. The SMILES string of the molecule is CC1=C(/C=C/C(C)=C/C=C/C=C/C=C(C)/C=C2C=C(/C=C/[C@@]34O[C@@H](CC3(C)C)C[C@@]4(C)O)C(=O)O/2)C(C)(C)C[C@H](O)[C@@H]1O. The molecule has 5 atom stereocenters. The number of aliphatic hydroxyl groups excluding tert-OH is 2. The number of rotatable bonds is 8. The summed E-state index contributed by atoms with van der Waals surface area (Å²) in [6, 6.07) is 0. The van der Waals surface area contributed by atoms with Gasteiger partial charge in [-0.3, -0.25) is 0 Å². The van der Waals surface area contributed by atoms with Crippen molar-refractivity contribution in [3.8, 4) is 0 Å². The van der Waals surface area contributed by atoms with E-state index in [4.69, 9.17) is 9.47 Å². The number of cyclic esters (lactones) is 1. The third kappa shape index (κ3) is 6.73. The lowest BCUT2D eigenvalue weighted by atomic mass is 9.61. The monoisotopic (exact) mass is 588 g/mol. The molecule has 0 aromatic rings. The van der Waals surface area contributed by atoms with Crippen LogP contribution in [-0.4, -0.2) is 50.8 Å². The zero-order valence-electron chi connectivity index (χ0n) is 26.8. The second-order valence-electron chi connectivity index (χ2n) is 14.0. The van der Waals surface area contributed by atoms with Crippen LogP contribution in [-0.2, 0) is 14.3 Å². The van der Waals surface area contributed by atoms with Crippen LogP contribution in [0.15, 0.2) is 107 Å². The summed E-state index contributed by atoms with van der Waals surface area (Å²) in [5, 5.41) is 31.5. The maximum atomic E-state index is 12.5. The second-order valence-corrected chi connectivity index (χ2v) is 14.0. The maximum Gasteiger partial charge on any atom is 0.343 e. The van der Waals surface area contributed by atoms with Crippen LogP contribution < -0.4 is 0 Å². The minimum absolute atomic E-state index is 0.0238. The van der Waals surface area contributed by atoms with Gasteiger partial charge in [0.05, 0.1) is 23.4 Å². The van der Waals surface area contributed by atoms with E-state index in [2.05, 4.69) is 27.7 Å². The van der Waals surface area contributed by atoms with Gasteiger partial charge in [-0.1, -0.05) is 81.9 Å². The van der Waals surface area contributed by atoms with Crippen molar-refractivity contribution in [3.05, 3.63) is 107 Å². The van der Waals surface area contributed by atoms with E-state index in [1.54, 1.807) is 12.2 Å². The smallest absolute Gasteiger partial charge is 0.343 e. The van der Waals surface area contributed by atoms with Crippen LogP contribution in [0.4, 0.5) is 0 Å². The summed E-state index contributed by atoms with van der Waals surface area (Å²) in [6.45, 7) is 16.0. The molecule has 2 bridgehead atoms. The fourth-order valence-electron chi connectivity index (χ4n) is 7.16. The molecule has 2 saturated heterocycles. The van der Waals surface area contributed by atoms with Crippen LogP contribution in [0.1, 0.15) is 74.7 Å². The predicted molar refractivity (Wildman–Crippen MR) is 171 cm³/mol. The number of hydrogen-bond donors (Lipinski definition) is 3. The van der Waals surface area contributed by atoms with Crippen LogP contribution in [0.3, 0.4) is 0 Å². The van der Waals surface area contributed by atoms with Crippen molar-refractivity contribution in [3.63, 3.8) is 0 Å². The number of aliphatic hydroxyl groups is 3. The molecule has 232 valence electrons. The fourth-order valence-corrected chi connectivity index (χ4v) is 7.16. The molecule has 1 aliphatic carbocycles. The number of allylic oxidation sites excluding steroid dienone is 13. The maximum absolute atomic E-state index is 12.5. The topological polar surface area (TPSA) is 96.2 Å². The van der Waals surface area contributed by atoms with E-state index in [0.717, 1.165) is 28.7 Å². The first kappa shape index (κ1) is 32.9. The Morgan fingerprint density at radius 2 is 1.58 bits per heavy atom. The van der Waals surface area contributed by atoms with Crippen LogP contribution in [0, 0.1) is 10.8 Å². The van der Waals surface area contributed by atoms with Gasteiger partial charge < -0.3 is 24.8 Å². The molecule has 2 fully saturated rings. The van der Waals surface area contributed by atoms with Gasteiger partial charge in [-0.25, -0.2) is 4.79 Å². The molecule has 43 heavy (non-hydrogen) atoms. The first-order chi connectivity index (χ1) is 20.0. The van der Waals surface area contributed by atoms with Crippen molar-refractivity contribution in [2.75, 3.05) is 0 Å². The van der Waals surface area contributed by atoms with Crippen molar-refractivity contribution in [1.82, 2.24) is 0 Å². The number of fused-ring (bicyclic) bond motifs is 2. The van der Waals surface area contributed by atoms with Gasteiger partial charge in [0.2, 0.25) is 0 Å². The van der Waals surface area contributed by atoms with Gasteiger partial charge in [0, 0.05) is 11.8 Å². The molecule has 3 aliphatic heterocycles. The van der Waals surface area contributed by atoms with Gasteiger partial charge in [-0.05, 0) is 87.0 Å². The molecule has 3 N–H and O–H groups in total. The zero-order valence-corrected chi connectivity index (χ0v) is 26.8. The van der Waals surface area contributed by atoms with Gasteiger partial charge in [0.15, 0.2) is 0 Å². The molecular weight excluding hydrogens is 540 g/mol. The second kappa shape index (κ2) is 12.2. The first-order valence-corrected chi connectivity index (χ1v) is 15.2. The highest BCUT2D eigenvalue weighted by molar-refractivity contribution is 5.95. The average molecular weight is 589 g/mol. The molecule has 4 rings (SSSR count). The van der Waals surface area contributed by atoms with Gasteiger partial charge >= 0.3 is 5.97 Å². The Kier molecular flexibility index (Phi) is 9.30. The molecule has 0 radical (unpaired) electrons. The number of hydrogen-bond acceptors (Lipinski definition) is 6.